The van der Waals surface area contributed by atoms with Crippen molar-refractivity contribution in [1.82, 2.24) is 4.98 Å². The van der Waals surface area contributed by atoms with E-state index in [0.717, 1.165) is 10.2 Å². The highest BCUT2D eigenvalue weighted by Gasteiger charge is 2.24. The summed E-state index contributed by atoms with van der Waals surface area (Å²) in [7, 11) is 2.11. The van der Waals surface area contributed by atoms with Gasteiger partial charge in [-0.25, -0.2) is 4.98 Å². The molecule has 1 unspecified atom stereocenters. The van der Waals surface area contributed by atoms with E-state index < -0.39 is 0 Å². The molecule has 1 aromatic carbocycles. The Kier molecular flexibility index (Phi) is 4.94. The Bertz CT molecular complexity index is 720. The number of hydrogen-bond donors (Lipinski definition) is 2. The maximum atomic E-state index is 10.5. The van der Waals surface area contributed by atoms with Gasteiger partial charge in [0.05, 0.1) is 23.3 Å². The van der Waals surface area contributed by atoms with Gasteiger partial charge >= 0.3 is 0 Å². The zero-order valence-electron chi connectivity index (χ0n) is 13.4. The van der Waals surface area contributed by atoms with Gasteiger partial charge in [-0.3, -0.25) is 0 Å². The minimum absolute atomic E-state index is 0.162. The maximum absolute atomic E-state index is 10.5. The lowest BCUT2D eigenvalue weighted by Crippen LogP contribution is -3.13. The normalized spacial score (nSPS) is 18.4. The van der Waals surface area contributed by atoms with E-state index in [0.29, 0.717) is 23.2 Å². The van der Waals surface area contributed by atoms with Crippen LogP contribution in [0.15, 0.2) is 30.0 Å². The monoisotopic (exact) mass is 328 g/mol. The number of aliphatic hydroxyl groups excluding tert-OH is 1. The van der Waals surface area contributed by atoms with Crippen LogP contribution in [0.5, 0.6) is 0 Å². The number of nitriles is 1. The lowest BCUT2D eigenvalue weighted by Gasteiger charge is -2.28. The lowest BCUT2D eigenvalue weighted by atomic mass is 9.94. The van der Waals surface area contributed by atoms with Crippen molar-refractivity contribution in [2.45, 2.75) is 38.1 Å². The molecule has 0 spiro atoms. The van der Waals surface area contributed by atoms with E-state index in [-0.39, 0.29) is 5.76 Å². The van der Waals surface area contributed by atoms with Crippen molar-refractivity contribution in [2.75, 3.05) is 13.6 Å². The molecule has 4 nitrogen and oxygen atoms in total. The zero-order chi connectivity index (χ0) is 16.2. The summed E-state index contributed by atoms with van der Waals surface area (Å²) >= 11 is 1.46. The first-order valence-electron chi connectivity index (χ1n) is 8.19. The van der Waals surface area contributed by atoms with E-state index >= 15 is 0 Å². The van der Waals surface area contributed by atoms with Crippen molar-refractivity contribution >= 4 is 27.1 Å². The largest absolute Gasteiger partial charge is 0.506 e. The van der Waals surface area contributed by atoms with Crippen molar-refractivity contribution in [3.8, 4) is 6.07 Å². The molecule has 5 heteroatoms. The summed E-state index contributed by atoms with van der Waals surface area (Å²) in [6.45, 7) is 0.490. The van der Waals surface area contributed by atoms with Crippen LogP contribution in [0.2, 0.25) is 0 Å². The fourth-order valence-corrected chi connectivity index (χ4v) is 4.29. The quantitative estimate of drug-likeness (QED) is 0.670. The summed E-state index contributed by atoms with van der Waals surface area (Å²) in [6, 6.07) is 10.5. The average molecular weight is 328 g/mol. The van der Waals surface area contributed by atoms with Crippen LogP contribution in [-0.2, 0) is 0 Å². The molecule has 0 radical (unpaired) electrons. The van der Waals surface area contributed by atoms with Crippen LogP contribution >= 0.6 is 11.3 Å². The van der Waals surface area contributed by atoms with Gasteiger partial charge in [0, 0.05) is 0 Å². The third-order valence-electron chi connectivity index (χ3n) is 4.66. The Morgan fingerprint density at radius 3 is 2.78 bits per heavy atom. The molecule has 2 N–H and O–H groups in total. The number of fused-ring (bicyclic) bond motifs is 1. The van der Waals surface area contributed by atoms with Gasteiger partial charge in [-0.05, 0) is 37.8 Å². The van der Waals surface area contributed by atoms with Crippen LogP contribution in [0.4, 0.5) is 0 Å². The molecular weight excluding hydrogens is 306 g/mol. The fourth-order valence-electron chi connectivity index (χ4n) is 3.31. The highest BCUT2D eigenvalue weighted by molar-refractivity contribution is 7.19. The minimum Gasteiger partial charge on any atom is -0.506 e. The third kappa shape index (κ3) is 3.54. The van der Waals surface area contributed by atoms with Gasteiger partial charge in [0.15, 0.2) is 5.76 Å². The molecule has 1 atom stereocenters. The number of thiazole rings is 1. The van der Waals surface area contributed by atoms with Gasteiger partial charge in [-0.15, -0.1) is 11.3 Å². The molecule has 1 aliphatic carbocycles. The number of aliphatic hydroxyl groups is 1. The fraction of sp³-hybridized carbons (Fsp3) is 0.444. The van der Waals surface area contributed by atoms with Crippen LogP contribution in [-0.4, -0.2) is 29.7 Å². The molecular formula is C18H22N3OS+. The number of quaternary nitrogens is 1. The molecule has 3 rings (SSSR count). The van der Waals surface area contributed by atoms with E-state index in [2.05, 4.69) is 18.1 Å². The van der Waals surface area contributed by atoms with Gasteiger partial charge in [-0.2, -0.15) is 5.26 Å². The molecule has 0 aliphatic heterocycles. The Labute approximate surface area is 140 Å². The summed E-state index contributed by atoms with van der Waals surface area (Å²) < 4.78 is 1.04. The maximum Gasteiger partial charge on any atom is 0.168 e. The second kappa shape index (κ2) is 7.12. The number of likely N-dealkylation sites (N-methyl/N-ethyl adjacent to an activating group) is 1. The first kappa shape index (κ1) is 16.0. The van der Waals surface area contributed by atoms with Crippen molar-refractivity contribution in [3.05, 3.63) is 35.0 Å². The Morgan fingerprint density at radius 2 is 2.09 bits per heavy atom. The molecule has 1 heterocycles. The average Bonchev–Trinajstić information content (AvgIpc) is 2.99. The predicted molar refractivity (Wildman–Crippen MR) is 93.4 cm³/mol. The number of aromatic nitrogens is 1. The van der Waals surface area contributed by atoms with Crippen molar-refractivity contribution in [3.63, 3.8) is 0 Å². The number of benzene rings is 1. The zero-order valence-corrected chi connectivity index (χ0v) is 14.2. The second-order valence-corrected chi connectivity index (χ2v) is 7.31. The SMILES string of the molecule is C[NH+](CC(O)=C(C#N)c1nc2ccccc2s1)C1CCCCC1. The molecule has 2 aromatic rings. The Balaban J connectivity index is 1.82. The molecule has 1 fully saturated rings. The van der Waals surface area contributed by atoms with E-state index in [1.54, 1.807) is 0 Å². The van der Waals surface area contributed by atoms with Crippen LogP contribution in [0.3, 0.4) is 0 Å². The highest BCUT2D eigenvalue weighted by atomic mass is 32.1. The van der Waals surface area contributed by atoms with Gasteiger partial charge in [0.2, 0.25) is 0 Å². The number of allylic oxidation sites excluding steroid dienone is 1. The van der Waals surface area contributed by atoms with Crippen molar-refractivity contribution < 1.29 is 10.0 Å². The van der Waals surface area contributed by atoms with Crippen LogP contribution in [0, 0.1) is 11.3 Å². The van der Waals surface area contributed by atoms with Gasteiger partial charge < -0.3 is 10.0 Å². The van der Waals surface area contributed by atoms with Crippen molar-refractivity contribution in [1.29, 1.82) is 5.26 Å². The summed E-state index contributed by atoms with van der Waals surface area (Å²) in [5, 5.41) is 20.6. The summed E-state index contributed by atoms with van der Waals surface area (Å²) in [6.07, 6.45) is 6.29. The summed E-state index contributed by atoms with van der Waals surface area (Å²) in [4.78, 5) is 5.78. The summed E-state index contributed by atoms with van der Waals surface area (Å²) in [5.41, 5.74) is 1.20. The van der Waals surface area contributed by atoms with Crippen LogP contribution < -0.4 is 4.90 Å². The highest BCUT2D eigenvalue weighted by Crippen LogP contribution is 2.27. The molecule has 1 aliphatic rings. The lowest BCUT2D eigenvalue weighted by molar-refractivity contribution is -0.903. The molecule has 1 aromatic heterocycles. The topological polar surface area (TPSA) is 61.4 Å². The number of hydrogen-bond acceptors (Lipinski definition) is 4. The third-order valence-corrected chi connectivity index (χ3v) is 5.71. The first-order chi connectivity index (χ1) is 11.2. The molecule has 0 bridgehead atoms. The van der Waals surface area contributed by atoms with Gasteiger partial charge in [0.1, 0.15) is 23.2 Å². The summed E-state index contributed by atoms with van der Waals surface area (Å²) in [5.74, 6) is 0.162. The smallest absolute Gasteiger partial charge is 0.168 e. The van der Waals surface area contributed by atoms with Crippen LogP contribution in [0.25, 0.3) is 15.8 Å². The van der Waals surface area contributed by atoms with Gasteiger partial charge in [-0.1, -0.05) is 18.6 Å². The first-order valence-corrected chi connectivity index (χ1v) is 9.01. The van der Waals surface area contributed by atoms with Crippen LogP contribution in [0.1, 0.15) is 37.1 Å². The second-order valence-electron chi connectivity index (χ2n) is 6.28. The Hall–Kier alpha value is -1.90. The molecule has 0 amide bonds. The van der Waals surface area contributed by atoms with E-state index in [1.807, 2.05) is 24.3 Å². The van der Waals surface area contributed by atoms with E-state index in [4.69, 9.17) is 0 Å². The Morgan fingerprint density at radius 1 is 1.35 bits per heavy atom. The van der Waals surface area contributed by atoms with Crippen molar-refractivity contribution in [2.24, 2.45) is 0 Å². The number of nitrogens with zero attached hydrogens (tertiary/aromatic N) is 2. The molecule has 120 valence electrons. The molecule has 1 saturated carbocycles. The number of para-hydroxylation sites is 1. The number of rotatable bonds is 4. The minimum atomic E-state index is 0.162. The predicted octanol–water partition coefficient (Wildman–Crippen LogP) is 2.94. The molecule has 0 saturated heterocycles. The number of nitrogens with one attached hydrogen (secondary N) is 1. The standard InChI is InChI=1S/C18H21N3OS/c1-21(13-7-3-2-4-8-13)12-16(22)14(11-19)18-20-15-9-5-6-10-17(15)23-18/h5-6,9-10,13,22H,2-4,7-8,12H2,1H3/p+1. The van der Waals surface area contributed by atoms with E-state index in [1.165, 1.54) is 48.3 Å². The molecule has 23 heavy (non-hydrogen) atoms. The van der Waals surface area contributed by atoms with Gasteiger partial charge in [0.25, 0.3) is 0 Å². The van der Waals surface area contributed by atoms with E-state index in [9.17, 15) is 10.4 Å².